The summed E-state index contributed by atoms with van der Waals surface area (Å²) in [5.74, 6) is 0.161. The molecule has 1 aromatic heterocycles. The highest BCUT2D eigenvalue weighted by molar-refractivity contribution is 8.00. The molecule has 6 aromatic rings. The minimum absolute atomic E-state index is 0.00843. The Kier molecular flexibility index (Phi) is 22.7. The number of hydrogen-bond donors (Lipinski definition) is 4. The molecule has 5 aromatic carbocycles. The number of ether oxygens (including phenoxy) is 1. The SMILES string of the molecule is CCN1CCC(O)CC1.CCn1c(C)c(C(=O)OC2CCC(C=O)CC2)c(-c2cccc(N3CCN(c4ccc(NSc5ccc(NCCSc6ccccc6)c(S(=O)(=O)C(F)(F)F)c5)cc4)CC3)c2)c1-c1ccc(Cl)cc1.CO. The molecule has 13 nitrogen and oxygen atoms in total. The molecule has 3 aliphatic rings. The Morgan fingerprint density at radius 3 is 2.02 bits per heavy atom. The molecule has 1 aliphatic carbocycles. The Bertz CT molecular complexity index is 3060. The normalized spacial score (nSPS) is 17.1. The van der Waals surface area contributed by atoms with Crippen molar-refractivity contribution in [3.63, 3.8) is 0 Å². The molecule has 3 heterocycles. The highest BCUT2D eigenvalue weighted by atomic mass is 35.5. The van der Waals surface area contributed by atoms with Crippen LogP contribution in [0, 0.1) is 12.8 Å². The summed E-state index contributed by atoms with van der Waals surface area (Å²) in [6.45, 7) is 13.3. The van der Waals surface area contributed by atoms with Gasteiger partial charge in [0, 0.05) is 114 Å². The Hall–Kier alpha value is -5.67. The van der Waals surface area contributed by atoms with E-state index in [-0.39, 0.29) is 36.3 Å². The molecule has 80 heavy (non-hydrogen) atoms. The molecular weight excluding hydrogens is 1110 g/mol. The number of sulfone groups is 1. The number of aliphatic hydroxyl groups excluding tert-OH is 2. The van der Waals surface area contributed by atoms with Crippen molar-refractivity contribution in [2.75, 3.05) is 85.1 Å². The van der Waals surface area contributed by atoms with Crippen molar-refractivity contribution in [2.45, 2.75) is 98.2 Å². The second-order valence-electron chi connectivity index (χ2n) is 19.6. The number of thioether (sulfide) groups is 1. The Morgan fingerprint density at radius 1 is 0.762 bits per heavy atom. The first-order chi connectivity index (χ1) is 38.6. The van der Waals surface area contributed by atoms with Gasteiger partial charge in [0.1, 0.15) is 17.3 Å². The summed E-state index contributed by atoms with van der Waals surface area (Å²) >= 11 is 8.87. The summed E-state index contributed by atoms with van der Waals surface area (Å²) in [5, 5.41) is 19.6. The number of piperidine rings is 1. The second kappa shape index (κ2) is 29.3. The average molecular weight is 1180 g/mol. The van der Waals surface area contributed by atoms with Crippen LogP contribution in [-0.2, 0) is 25.9 Å². The molecule has 430 valence electrons. The Balaban J connectivity index is 0.000000758. The summed E-state index contributed by atoms with van der Waals surface area (Å²) in [5.41, 5.74) is 2.05. The van der Waals surface area contributed by atoms with Crippen LogP contribution in [0.25, 0.3) is 22.4 Å². The van der Waals surface area contributed by atoms with E-state index < -0.39 is 20.2 Å². The Labute approximate surface area is 482 Å². The van der Waals surface area contributed by atoms with E-state index in [0.717, 1.165) is 134 Å². The van der Waals surface area contributed by atoms with Crippen LogP contribution in [0.4, 0.5) is 35.9 Å². The van der Waals surface area contributed by atoms with E-state index in [2.05, 4.69) is 55.3 Å². The fourth-order valence-electron chi connectivity index (χ4n) is 10.2. The van der Waals surface area contributed by atoms with Gasteiger partial charge in [-0.1, -0.05) is 61.0 Å². The number of rotatable bonds is 18. The van der Waals surface area contributed by atoms with Gasteiger partial charge in [0.2, 0.25) is 0 Å². The van der Waals surface area contributed by atoms with Crippen LogP contribution in [0.15, 0.2) is 136 Å². The zero-order chi connectivity index (χ0) is 57.4. The molecule has 1 saturated carbocycles. The van der Waals surface area contributed by atoms with Crippen molar-refractivity contribution >= 4 is 80.2 Å². The van der Waals surface area contributed by atoms with Crippen LogP contribution in [-0.4, -0.2) is 123 Å². The second-order valence-corrected chi connectivity index (χ2v) is 24.0. The van der Waals surface area contributed by atoms with Gasteiger partial charge >= 0.3 is 11.5 Å². The predicted molar refractivity (Wildman–Crippen MR) is 319 cm³/mol. The third-order valence-electron chi connectivity index (χ3n) is 14.6. The third-order valence-corrected chi connectivity index (χ3v) is 18.2. The zero-order valence-electron chi connectivity index (χ0n) is 45.6. The topological polar surface area (TPSA) is 157 Å². The molecule has 9 rings (SSSR count). The number of carbonyl (C=O) groups is 2. The maximum atomic E-state index is 14.3. The lowest BCUT2D eigenvalue weighted by Crippen LogP contribution is -2.46. The smallest absolute Gasteiger partial charge is 0.459 e. The van der Waals surface area contributed by atoms with E-state index in [1.165, 1.54) is 17.8 Å². The number of aromatic nitrogens is 1. The molecule has 2 saturated heterocycles. The number of piperazine rings is 1. The van der Waals surface area contributed by atoms with Gasteiger partial charge in [-0.2, -0.15) is 13.2 Å². The quantitative estimate of drug-likeness (QED) is 0.0212. The van der Waals surface area contributed by atoms with E-state index in [1.807, 2.05) is 97.9 Å². The van der Waals surface area contributed by atoms with E-state index in [9.17, 15) is 31.2 Å². The number of benzene rings is 5. The monoisotopic (exact) mass is 1180 g/mol. The molecule has 0 atom stereocenters. The molecular formula is C60H72ClF3N6O7S3. The van der Waals surface area contributed by atoms with Crippen LogP contribution in [0.5, 0.6) is 0 Å². The van der Waals surface area contributed by atoms with Crippen LogP contribution in [0.2, 0.25) is 5.02 Å². The minimum Gasteiger partial charge on any atom is -0.459 e. The van der Waals surface area contributed by atoms with E-state index in [4.69, 9.17) is 26.6 Å². The zero-order valence-corrected chi connectivity index (χ0v) is 48.8. The maximum Gasteiger partial charge on any atom is 0.501 e. The summed E-state index contributed by atoms with van der Waals surface area (Å²) in [4.78, 5) is 33.2. The van der Waals surface area contributed by atoms with Crippen LogP contribution < -0.4 is 19.8 Å². The number of halogens is 4. The summed E-state index contributed by atoms with van der Waals surface area (Å²) in [7, 11) is -4.63. The molecule has 0 bridgehead atoms. The Morgan fingerprint density at radius 2 is 1.41 bits per heavy atom. The van der Waals surface area contributed by atoms with Gasteiger partial charge in [0.15, 0.2) is 0 Å². The number of hydrogen-bond acceptors (Lipinski definition) is 14. The lowest BCUT2D eigenvalue weighted by atomic mass is 9.88. The number of nitrogens with zero attached hydrogens (tertiary/aromatic N) is 4. The van der Waals surface area contributed by atoms with Gasteiger partial charge in [0.05, 0.1) is 23.0 Å². The van der Waals surface area contributed by atoms with Gasteiger partial charge < -0.3 is 49.1 Å². The number of aldehydes is 1. The summed E-state index contributed by atoms with van der Waals surface area (Å²) in [6, 6.07) is 37.2. The maximum absolute atomic E-state index is 14.3. The molecule has 0 amide bonds. The van der Waals surface area contributed by atoms with Crippen molar-refractivity contribution in [3.8, 4) is 22.4 Å². The minimum atomic E-state index is -5.63. The van der Waals surface area contributed by atoms with Gasteiger partial charge in [0.25, 0.3) is 9.84 Å². The van der Waals surface area contributed by atoms with Crippen LogP contribution in [0.3, 0.4) is 0 Å². The number of alkyl halides is 3. The fraction of sp³-hybridized carbons (Fsp3) is 0.400. The number of carbonyl (C=O) groups excluding carboxylic acids is 2. The van der Waals surface area contributed by atoms with Crippen molar-refractivity contribution in [3.05, 3.63) is 138 Å². The first-order valence-corrected chi connectivity index (χ1v) is 30.7. The van der Waals surface area contributed by atoms with E-state index >= 15 is 0 Å². The molecule has 20 heteroatoms. The van der Waals surface area contributed by atoms with Gasteiger partial charge in [-0.3, -0.25) is 0 Å². The van der Waals surface area contributed by atoms with Crippen molar-refractivity contribution in [1.29, 1.82) is 0 Å². The van der Waals surface area contributed by atoms with Gasteiger partial charge in [-0.25, -0.2) is 13.2 Å². The van der Waals surface area contributed by atoms with Crippen LogP contribution >= 0.6 is 35.3 Å². The van der Waals surface area contributed by atoms with Crippen LogP contribution in [0.1, 0.15) is 68.4 Å². The average Bonchev–Trinajstić information content (AvgIpc) is 3.94. The number of anilines is 4. The summed E-state index contributed by atoms with van der Waals surface area (Å²) < 4.78 is 78.3. The molecule has 0 radical (unpaired) electrons. The number of aliphatic hydroxyl groups is 2. The number of nitrogens with one attached hydrogen (secondary N) is 2. The molecule has 0 spiro atoms. The molecule has 2 aliphatic heterocycles. The molecule has 4 N–H and O–H groups in total. The standard InChI is InChI=1S/C52H53ClF3N5O5S3.C7H15NO.CH4O/c1-3-61-35(2)48(51(63)66-43-22-12-36(34-62)13-23-43)49(50(61)37-14-16-39(53)17-15-37)38-8-7-9-42(32-38)60-29-27-59(28-30-60)41-20-18-40(19-21-41)58-68-45-24-25-46(47(33-45)69(64,65)52(54,55)56)57-26-31-67-44-10-5-4-6-11-44;1-2-8-5-3-7(9)4-6-8;1-2/h4-11,14-21,24-25,32-34,36,43,57-58H,3,12-13,22-23,26-31H2,1-2H3;7,9H,2-6H2,1H3;2H,1H3. The summed E-state index contributed by atoms with van der Waals surface area (Å²) in [6.07, 6.45) is 5.38. The van der Waals surface area contributed by atoms with E-state index in [1.54, 1.807) is 6.07 Å². The van der Waals surface area contributed by atoms with E-state index in [0.29, 0.717) is 59.1 Å². The highest BCUT2D eigenvalue weighted by Gasteiger charge is 2.48. The lowest BCUT2D eigenvalue weighted by molar-refractivity contribution is -0.112. The molecule has 3 fully saturated rings. The highest BCUT2D eigenvalue weighted by Crippen LogP contribution is 2.43. The molecule has 0 unspecified atom stereocenters. The van der Waals surface area contributed by atoms with Crippen molar-refractivity contribution in [2.24, 2.45) is 5.92 Å². The lowest BCUT2D eigenvalue weighted by Gasteiger charge is -2.37. The fourth-order valence-corrected chi connectivity index (χ4v) is 12.9. The first kappa shape index (κ1) is 61.9. The first-order valence-electron chi connectivity index (χ1n) is 27.1. The van der Waals surface area contributed by atoms with Gasteiger partial charge in [-0.05, 0) is 161 Å². The number of esters is 1. The van der Waals surface area contributed by atoms with Crippen molar-refractivity contribution < 1.29 is 46.1 Å². The largest absolute Gasteiger partial charge is 0.501 e. The van der Waals surface area contributed by atoms with Crippen molar-refractivity contribution in [1.82, 2.24) is 9.47 Å². The van der Waals surface area contributed by atoms with Gasteiger partial charge in [-0.15, -0.1) is 11.8 Å². The number of likely N-dealkylation sites (tertiary alicyclic amines) is 1. The third kappa shape index (κ3) is 15.9. The predicted octanol–water partition coefficient (Wildman–Crippen LogP) is 12.7.